The van der Waals surface area contributed by atoms with E-state index in [9.17, 15) is 9.90 Å². The molecule has 0 unspecified atom stereocenters. The van der Waals surface area contributed by atoms with E-state index in [2.05, 4.69) is 0 Å². The molecule has 0 aliphatic heterocycles. The van der Waals surface area contributed by atoms with E-state index in [0.717, 1.165) is 11.1 Å². The third kappa shape index (κ3) is 2.64. The second-order valence-corrected chi connectivity index (χ2v) is 5.26. The number of hydrogen-bond donors (Lipinski definition) is 3. The normalized spacial score (nSPS) is 10.6. The van der Waals surface area contributed by atoms with Crippen LogP contribution in [0.5, 0.6) is 5.88 Å². The monoisotopic (exact) mass is 307 g/mol. The van der Waals surface area contributed by atoms with Crippen molar-refractivity contribution in [1.29, 1.82) is 0 Å². The summed E-state index contributed by atoms with van der Waals surface area (Å²) < 4.78 is 1.61. The SMILES string of the molecule is NC(=O)c1c(N)c(O)n(Cc2ccccc2)c1-c1ccccc1. The van der Waals surface area contributed by atoms with Crippen molar-refractivity contribution in [3.63, 3.8) is 0 Å². The Morgan fingerprint density at radius 3 is 2.13 bits per heavy atom. The number of carbonyl (C=O) groups excluding carboxylic acids is 1. The summed E-state index contributed by atoms with van der Waals surface area (Å²) in [6, 6.07) is 18.9. The lowest BCUT2D eigenvalue weighted by Crippen LogP contribution is -2.14. The molecule has 0 saturated carbocycles. The molecule has 5 N–H and O–H groups in total. The van der Waals surface area contributed by atoms with Crippen LogP contribution in [-0.2, 0) is 6.54 Å². The number of aromatic hydroxyl groups is 1. The highest BCUT2D eigenvalue weighted by molar-refractivity contribution is 6.05. The minimum atomic E-state index is -0.663. The molecule has 0 aliphatic rings. The molecule has 0 aliphatic carbocycles. The van der Waals surface area contributed by atoms with E-state index < -0.39 is 5.91 Å². The van der Waals surface area contributed by atoms with E-state index in [1.165, 1.54) is 0 Å². The largest absolute Gasteiger partial charge is 0.493 e. The average molecular weight is 307 g/mol. The summed E-state index contributed by atoms with van der Waals surface area (Å²) >= 11 is 0. The van der Waals surface area contributed by atoms with Gasteiger partial charge in [-0.3, -0.25) is 4.79 Å². The van der Waals surface area contributed by atoms with Gasteiger partial charge in [-0.15, -0.1) is 0 Å². The highest BCUT2D eigenvalue weighted by atomic mass is 16.3. The maximum Gasteiger partial charge on any atom is 0.253 e. The van der Waals surface area contributed by atoms with Gasteiger partial charge in [-0.2, -0.15) is 0 Å². The third-order valence-corrected chi connectivity index (χ3v) is 3.75. The lowest BCUT2D eigenvalue weighted by atomic mass is 10.1. The quantitative estimate of drug-likeness (QED) is 0.691. The molecule has 0 radical (unpaired) electrons. The zero-order valence-electron chi connectivity index (χ0n) is 12.4. The van der Waals surface area contributed by atoms with Crippen LogP contribution in [0, 0.1) is 0 Å². The van der Waals surface area contributed by atoms with Crippen LogP contribution < -0.4 is 11.5 Å². The number of nitrogens with two attached hydrogens (primary N) is 2. The highest BCUT2D eigenvalue weighted by Crippen LogP contribution is 2.38. The number of amides is 1. The summed E-state index contributed by atoms with van der Waals surface area (Å²) in [6.07, 6.45) is 0. The molecule has 0 bridgehead atoms. The number of primary amides is 1. The first kappa shape index (κ1) is 14.7. The first-order valence-electron chi connectivity index (χ1n) is 7.19. The van der Waals surface area contributed by atoms with Crippen molar-refractivity contribution in [3.8, 4) is 17.1 Å². The minimum Gasteiger partial charge on any atom is -0.493 e. The molecular formula is C18H17N3O2. The van der Waals surface area contributed by atoms with Crippen molar-refractivity contribution in [3.05, 3.63) is 71.8 Å². The fraction of sp³-hybridized carbons (Fsp3) is 0.0556. The van der Waals surface area contributed by atoms with Crippen LogP contribution >= 0.6 is 0 Å². The molecule has 1 amide bonds. The fourth-order valence-corrected chi connectivity index (χ4v) is 2.69. The summed E-state index contributed by atoms with van der Waals surface area (Å²) in [5.41, 5.74) is 13.8. The predicted molar refractivity (Wildman–Crippen MR) is 90.0 cm³/mol. The molecule has 1 heterocycles. The van der Waals surface area contributed by atoms with Gasteiger partial charge in [-0.05, 0) is 11.1 Å². The van der Waals surface area contributed by atoms with E-state index in [0.29, 0.717) is 12.2 Å². The van der Waals surface area contributed by atoms with E-state index in [4.69, 9.17) is 11.5 Å². The Morgan fingerprint density at radius 2 is 1.57 bits per heavy atom. The number of hydrogen-bond acceptors (Lipinski definition) is 3. The van der Waals surface area contributed by atoms with Gasteiger partial charge in [-0.25, -0.2) is 0 Å². The second kappa shape index (κ2) is 5.88. The topological polar surface area (TPSA) is 94.3 Å². The van der Waals surface area contributed by atoms with Crippen molar-refractivity contribution < 1.29 is 9.90 Å². The molecule has 23 heavy (non-hydrogen) atoms. The Balaban J connectivity index is 2.22. The van der Waals surface area contributed by atoms with Crippen LogP contribution in [0.2, 0.25) is 0 Å². The maximum atomic E-state index is 11.9. The number of nitrogens with zero attached hydrogens (tertiary/aromatic N) is 1. The zero-order valence-corrected chi connectivity index (χ0v) is 12.4. The van der Waals surface area contributed by atoms with Gasteiger partial charge >= 0.3 is 0 Å². The van der Waals surface area contributed by atoms with Crippen molar-refractivity contribution in [1.82, 2.24) is 4.57 Å². The van der Waals surface area contributed by atoms with Crippen LogP contribution in [0.3, 0.4) is 0 Å². The lowest BCUT2D eigenvalue weighted by Gasteiger charge is -2.11. The summed E-state index contributed by atoms with van der Waals surface area (Å²) in [5.74, 6) is -0.815. The first-order chi connectivity index (χ1) is 11.1. The van der Waals surface area contributed by atoms with Crippen LogP contribution in [-0.4, -0.2) is 15.6 Å². The average Bonchev–Trinajstić information content (AvgIpc) is 2.82. The van der Waals surface area contributed by atoms with Gasteiger partial charge in [0.15, 0.2) is 0 Å². The molecule has 3 aromatic rings. The smallest absolute Gasteiger partial charge is 0.253 e. The molecule has 0 atom stereocenters. The van der Waals surface area contributed by atoms with Crippen LogP contribution in [0.4, 0.5) is 5.69 Å². The molecule has 3 rings (SSSR count). The van der Waals surface area contributed by atoms with Gasteiger partial charge < -0.3 is 21.1 Å². The Labute approximate surface area is 133 Å². The molecule has 1 aromatic heterocycles. The molecule has 0 saturated heterocycles. The van der Waals surface area contributed by atoms with Crippen molar-refractivity contribution in [2.45, 2.75) is 6.54 Å². The van der Waals surface area contributed by atoms with Crippen molar-refractivity contribution in [2.24, 2.45) is 5.73 Å². The Morgan fingerprint density at radius 1 is 1.00 bits per heavy atom. The molecule has 0 fully saturated rings. The molecule has 0 spiro atoms. The predicted octanol–water partition coefficient (Wildman–Crippen LogP) is 2.59. The summed E-state index contributed by atoms with van der Waals surface area (Å²) in [6.45, 7) is 0.383. The van der Waals surface area contributed by atoms with Gasteiger partial charge in [0.2, 0.25) is 5.88 Å². The summed E-state index contributed by atoms with van der Waals surface area (Å²) in [4.78, 5) is 11.9. The van der Waals surface area contributed by atoms with E-state index in [-0.39, 0.29) is 17.1 Å². The minimum absolute atomic E-state index is 0.00674. The Kier molecular flexibility index (Phi) is 3.76. The number of rotatable bonds is 4. The number of aromatic nitrogens is 1. The van der Waals surface area contributed by atoms with Crippen LogP contribution in [0.25, 0.3) is 11.3 Å². The fourth-order valence-electron chi connectivity index (χ4n) is 2.69. The number of anilines is 1. The highest BCUT2D eigenvalue weighted by Gasteiger charge is 2.25. The zero-order chi connectivity index (χ0) is 16.4. The van der Waals surface area contributed by atoms with Crippen molar-refractivity contribution in [2.75, 3.05) is 5.73 Å². The number of carbonyl (C=O) groups is 1. The van der Waals surface area contributed by atoms with Crippen LogP contribution in [0.15, 0.2) is 60.7 Å². The van der Waals surface area contributed by atoms with E-state index in [1.54, 1.807) is 4.57 Å². The molecule has 5 heteroatoms. The van der Waals surface area contributed by atoms with Crippen LogP contribution in [0.1, 0.15) is 15.9 Å². The molecule has 2 aromatic carbocycles. The van der Waals surface area contributed by atoms with E-state index >= 15 is 0 Å². The Hall–Kier alpha value is -3.21. The van der Waals surface area contributed by atoms with Gasteiger partial charge in [0.1, 0.15) is 5.69 Å². The maximum absolute atomic E-state index is 11.9. The summed E-state index contributed by atoms with van der Waals surface area (Å²) in [5, 5.41) is 10.4. The van der Waals surface area contributed by atoms with Gasteiger partial charge in [0, 0.05) is 0 Å². The van der Waals surface area contributed by atoms with Crippen molar-refractivity contribution >= 4 is 11.6 Å². The second-order valence-electron chi connectivity index (χ2n) is 5.26. The first-order valence-corrected chi connectivity index (χ1v) is 7.19. The van der Waals surface area contributed by atoms with Gasteiger partial charge in [0.05, 0.1) is 17.8 Å². The van der Waals surface area contributed by atoms with Gasteiger partial charge in [0.25, 0.3) is 5.91 Å². The number of nitrogen functional groups attached to an aromatic ring is 1. The third-order valence-electron chi connectivity index (χ3n) is 3.75. The molecule has 5 nitrogen and oxygen atoms in total. The van der Waals surface area contributed by atoms with Gasteiger partial charge in [-0.1, -0.05) is 60.7 Å². The number of benzene rings is 2. The summed E-state index contributed by atoms with van der Waals surface area (Å²) in [7, 11) is 0. The lowest BCUT2D eigenvalue weighted by molar-refractivity contribution is 0.100. The van der Waals surface area contributed by atoms with E-state index in [1.807, 2.05) is 60.7 Å². The Bertz CT molecular complexity index is 840. The standard InChI is InChI=1S/C18H17N3O2/c19-15-14(17(20)22)16(13-9-5-2-6-10-13)21(18(15)23)11-12-7-3-1-4-8-12/h1-10,23H,11,19H2,(H2,20,22). The molecular weight excluding hydrogens is 290 g/mol. The molecule has 116 valence electrons.